The summed E-state index contributed by atoms with van der Waals surface area (Å²) < 4.78 is 36.6. The zero-order valence-electron chi connectivity index (χ0n) is 13.4. The Morgan fingerprint density at radius 1 is 1.27 bits per heavy atom. The van der Waals surface area contributed by atoms with E-state index in [2.05, 4.69) is 5.32 Å². The van der Waals surface area contributed by atoms with E-state index in [4.69, 9.17) is 15.2 Å². The molecule has 0 heterocycles. The summed E-state index contributed by atoms with van der Waals surface area (Å²) in [5.74, 6) is 0.363. The highest BCUT2D eigenvalue weighted by Crippen LogP contribution is 2.34. The summed E-state index contributed by atoms with van der Waals surface area (Å²) in [7, 11) is 1.41. The Morgan fingerprint density at radius 2 is 1.86 bits per heavy atom. The number of anilines is 1. The number of carbonyl (C=O) groups is 1. The van der Waals surface area contributed by atoms with E-state index in [0.717, 1.165) is 0 Å². The predicted octanol–water partition coefficient (Wildman–Crippen LogP) is 3.48. The summed E-state index contributed by atoms with van der Waals surface area (Å²) in [6, 6.07) is 4.36. The van der Waals surface area contributed by atoms with Crippen LogP contribution < -0.4 is 15.8 Å². The number of benzene rings is 1. The number of amides is 1. The molecule has 1 amide bonds. The molecule has 1 aromatic carbocycles. The minimum Gasteiger partial charge on any atom is -0.497 e. The van der Waals surface area contributed by atoms with Gasteiger partial charge in [-0.3, -0.25) is 5.32 Å². The number of nitrogens with two attached hydrogens (primary N) is 1. The maximum atomic E-state index is 13.2. The summed E-state index contributed by atoms with van der Waals surface area (Å²) in [4.78, 5) is 11.8. The van der Waals surface area contributed by atoms with Crippen molar-refractivity contribution >= 4 is 11.8 Å². The number of nitrogens with one attached hydrogen (secondary N) is 1. The summed E-state index contributed by atoms with van der Waals surface area (Å²) >= 11 is 0. The van der Waals surface area contributed by atoms with Crippen LogP contribution in [0.3, 0.4) is 0 Å². The standard InChI is InChI=1S/C15H22F2N2O3/c1-14(2,3)22-13(20)19-11-7-6-9(21-5)8-10(11)15(4,18)12(16)17/h6-8,12H,18H2,1-5H3,(H,19,20). The molecular formula is C15H22F2N2O3. The fourth-order valence-electron chi connectivity index (χ4n) is 1.74. The van der Waals surface area contributed by atoms with Gasteiger partial charge in [-0.1, -0.05) is 0 Å². The summed E-state index contributed by atoms with van der Waals surface area (Å²) in [5, 5.41) is 2.45. The Bertz CT molecular complexity index is 540. The molecule has 0 saturated carbocycles. The molecular weight excluding hydrogens is 294 g/mol. The van der Waals surface area contributed by atoms with Crippen molar-refractivity contribution in [1.29, 1.82) is 0 Å². The van der Waals surface area contributed by atoms with Crippen molar-refractivity contribution in [2.75, 3.05) is 12.4 Å². The highest BCUT2D eigenvalue weighted by Gasteiger charge is 2.35. The van der Waals surface area contributed by atoms with Crippen molar-refractivity contribution in [2.45, 2.75) is 45.3 Å². The average molecular weight is 316 g/mol. The van der Waals surface area contributed by atoms with Crippen molar-refractivity contribution in [2.24, 2.45) is 5.73 Å². The molecule has 1 rings (SSSR count). The number of alkyl halides is 2. The molecule has 124 valence electrons. The van der Waals surface area contributed by atoms with Crippen LogP contribution >= 0.6 is 0 Å². The molecule has 7 heteroatoms. The molecule has 0 aliphatic carbocycles. The first kappa shape index (κ1) is 18.2. The van der Waals surface area contributed by atoms with Gasteiger partial charge in [0.2, 0.25) is 0 Å². The number of halogens is 2. The number of methoxy groups -OCH3 is 1. The third kappa shape index (κ3) is 4.56. The molecule has 0 bridgehead atoms. The molecule has 0 aromatic heterocycles. The lowest BCUT2D eigenvalue weighted by atomic mass is 9.91. The van der Waals surface area contributed by atoms with E-state index in [-0.39, 0.29) is 11.3 Å². The highest BCUT2D eigenvalue weighted by atomic mass is 19.3. The van der Waals surface area contributed by atoms with Gasteiger partial charge in [0.15, 0.2) is 0 Å². The van der Waals surface area contributed by atoms with Gasteiger partial charge in [0.05, 0.1) is 7.11 Å². The molecule has 1 aromatic rings. The van der Waals surface area contributed by atoms with Crippen LogP contribution in [0.1, 0.15) is 33.3 Å². The van der Waals surface area contributed by atoms with E-state index in [1.807, 2.05) is 0 Å². The van der Waals surface area contributed by atoms with Gasteiger partial charge in [0, 0.05) is 11.3 Å². The second-order valence-electron chi connectivity index (χ2n) is 6.12. The number of rotatable bonds is 4. The lowest BCUT2D eigenvalue weighted by Crippen LogP contribution is -2.41. The number of carbonyl (C=O) groups excluding carboxylic acids is 1. The summed E-state index contributed by atoms with van der Waals surface area (Å²) in [6.45, 7) is 6.29. The van der Waals surface area contributed by atoms with Gasteiger partial charge >= 0.3 is 6.09 Å². The SMILES string of the molecule is COc1ccc(NC(=O)OC(C)(C)C)c(C(C)(N)C(F)F)c1. The lowest BCUT2D eigenvalue weighted by molar-refractivity contribution is 0.0604. The Morgan fingerprint density at radius 3 is 2.32 bits per heavy atom. The lowest BCUT2D eigenvalue weighted by Gasteiger charge is -2.28. The van der Waals surface area contributed by atoms with Crippen molar-refractivity contribution < 1.29 is 23.0 Å². The van der Waals surface area contributed by atoms with Crippen LogP contribution in [0.4, 0.5) is 19.3 Å². The monoisotopic (exact) mass is 316 g/mol. The fraction of sp³-hybridized carbons (Fsp3) is 0.533. The second kappa shape index (κ2) is 6.48. The molecule has 0 spiro atoms. The molecule has 0 aliphatic heterocycles. The minimum absolute atomic E-state index is 0.0627. The van der Waals surface area contributed by atoms with Crippen LogP contribution in [0.5, 0.6) is 5.75 Å². The van der Waals surface area contributed by atoms with E-state index in [1.54, 1.807) is 20.8 Å². The van der Waals surface area contributed by atoms with E-state index < -0.39 is 23.7 Å². The topological polar surface area (TPSA) is 73.6 Å². The van der Waals surface area contributed by atoms with Crippen molar-refractivity contribution in [3.63, 3.8) is 0 Å². The third-order valence-electron chi connectivity index (χ3n) is 2.90. The molecule has 5 nitrogen and oxygen atoms in total. The molecule has 1 unspecified atom stereocenters. The maximum Gasteiger partial charge on any atom is 0.412 e. The summed E-state index contributed by atoms with van der Waals surface area (Å²) in [6.07, 6.45) is -3.57. The van der Waals surface area contributed by atoms with Crippen LogP contribution in [0.2, 0.25) is 0 Å². The van der Waals surface area contributed by atoms with Crippen LogP contribution in [-0.4, -0.2) is 25.2 Å². The van der Waals surface area contributed by atoms with Gasteiger partial charge in [0.25, 0.3) is 6.43 Å². The Hall–Kier alpha value is -1.89. The fourth-order valence-corrected chi connectivity index (χ4v) is 1.74. The van der Waals surface area contributed by atoms with Gasteiger partial charge in [-0.15, -0.1) is 0 Å². The molecule has 3 N–H and O–H groups in total. The largest absolute Gasteiger partial charge is 0.497 e. The average Bonchev–Trinajstić information content (AvgIpc) is 2.36. The molecule has 0 aliphatic rings. The molecule has 1 atom stereocenters. The van der Waals surface area contributed by atoms with Gasteiger partial charge in [-0.2, -0.15) is 0 Å². The van der Waals surface area contributed by atoms with Crippen molar-refractivity contribution in [1.82, 2.24) is 0 Å². The number of ether oxygens (including phenoxy) is 2. The second-order valence-corrected chi connectivity index (χ2v) is 6.12. The van der Waals surface area contributed by atoms with Gasteiger partial charge in [0.1, 0.15) is 16.9 Å². The molecule has 0 saturated heterocycles. The normalized spacial score (nSPS) is 14.4. The summed E-state index contributed by atoms with van der Waals surface area (Å²) in [5.41, 5.74) is 3.28. The quantitative estimate of drug-likeness (QED) is 0.892. The molecule has 22 heavy (non-hydrogen) atoms. The van der Waals surface area contributed by atoms with Crippen LogP contribution in [0, 0.1) is 0 Å². The van der Waals surface area contributed by atoms with Gasteiger partial charge in [-0.05, 0) is 45.9 Å². The van der Waals surface area contributed by atoms with Crippen LogP contribution in [-0.2, 0) is 10.3 Å². The first-order chi connectivity index (χ1) is 9.97. The predicted molar refractivity (Wildman–Crippen MR) is 80.4 cm³/mol. The minimum atomic E-state index is -2.82. The zero-order valence-corrected chi connectivity index (χ0v) is 13.4. The van der Waals surface area contributed by atoms with E-state index in [1.165, 1.54) is 32.2 Å². The first-order valence-corrected chi connectivity index (χ1v) is 6.73. The van der Waals surface area contributed by atoms with E-state index >= 15 is 0 Å². The van der Waals surface area contributed by atoms with Gasteiger partial charge in [-0.25, -0.2) is 13.6 Å². The maximum absolute atomic E-state index is 13.2. The van der Waals surface area contributed by atoms with E-state index in [0.29, 0.717) is 5.75 Å². The third-order valence-corrected chi connectivity index (χ3v) is 2.90. The Kier molecular flexibility index (Phi) is 5.35. The number of hydrogen-bond acceptors (Lipinski definition) is 4. The Labute approximate surface area is 128 Å². The smallest absolute Gasteiger partial charge is 0.412 e. The first-order valence-electron chi connectivity index (χ1n) is 6.73. The van der Waals surface area contributed by atoms with Gasteiger partial charge < -0.3 is 15.2 Å². The zero-order chi connectivity index (χ0) is 17.1. The number of hydrogen-bond donors (Lipinski definition) is 2. The van der Waals surface area contributed by atoms with Crippen LogP contribution in [0.15, 0.2) is 18.2 Å². The highest BCUT2D eigenvalue weighted by molar-refractivity contribution is 5.86. The Balaban J connectivity index is 3.17. The molecule has 0 radical (unpaired) electrons. The van der Waals surface area contributed by atoms with Crippen LogP contribution in [0.25, 0.3) is 0 Å². The molecule has 0 fully saturated rings. The van der Waals surface area contributed by atoms with Crippen molar-refractivity contribution in [3.8, 4) is 5.75 Å². The van der Waals surface area contributed by atoms with Crippen molar-refractivity contribution in [3.05, 3.63) is 23.8 Å². The van der Waals surface area contributed by atoms with E-state index in [9.17, 15) is 13.6 Å².